The summed E-state index contributed by atoms with van der Waals surface area (Å²) in [5.74, 6) is -0.394. The van der Waals surface area contributed by atoms with Crippen LogP contribution in [0.1, 0.15) is 30.1 Å². The Kier molecular flexibility index (Phi) is 6.19. The number of rotatable bonds is 8. The first kappa shape index (κ1) is 22.9. The Morgan fingerprint density at radius 2 is 1.29 bits per heavy atom. The Morgan fingerprint density at radius 3 is 1.80 bits per heavy atom. The molecule has 0 amide bonds. The van der Waals surface area contributed by atoms with Gasteiger partial charge in [-0.3, -0.25) is 0 Å². The average molecular weight is 482 g/mol. The van der Waals surface area contributed by atoms with Crippen LogP contribution in [0.2, 0.25) is 0 Å². The minimum absolute atomic E-state index is 0.394. The SMILES string of the molecule is CCCCP(OC(=O)c1cccc2n[nH]nc12)(c1ccccc1)(c1ccccc1)c1ccccc1. The van der Waals surface area contributed by atoms with Gasteiger partial charge in [0.2, 0.25) is 0 Å². The molecule has 0 atom stereocenters. The van der Waals surface area contributed by atoms with Crippen LogP contribution in [0.15, 0.2) is 109 Å². The number of hydrogen-bond acceptors (Lipinski definition) is 4. The summed E-state index contributed by atoms with van der Waals surface area (Å²) in [7, 11) is 0. The van der Waals surface area contributed by atoms with Crippen LogP contribution in [0.3, 0.4) is 0 Å². The van der Waals surface area contributed by atoms with Crippen molar-refractivity contribution in [3.05, 3.63) is 115 Å². The fraction of sp³-hybridized carbons (Fsp3) is 0.138. The van der Waals surface area contributed by atoms with Gasteiger partial charge in [-0.05, 0) is 0 Å². The van der Waals surface area contributed by atoms with Gasteiger partial charge in [-0.2, -0.15) is 0 Å². The number of benzene rings is 4. The van der Waals surface area contributed by atoms with Crippen molar-refractivity contribution in [1.29, 1.82) is 0 Å². The fourth-order valence-electron chi connectivity index (χ4n) is 4.99. The maximum atomic E-state index is 14.2. The van der Waals surface area contributed by atoms with E-state index in [0.717, 1.165) is 28.8 Å². The van der Waals surface area contributed by atoms with Gasteiger partial charge < -0.3 is 0 Å². The molecular formula is C29H28N3O2P. The Morgan fingerprint density at radius 1 is 0.743 bits per heavy atom. The zero-order valence-electron chi connectivity index (χ0n) is 19.7. The summed E-state index contributed by atoms with van der Waals surface area (Å²) < 4.78 is 7.06. The molecule has 0 bridgehead atoms. The van der Waals surface area contributed by atoms with Crippen LogP contribution >= 0.6 is 6.83 Å². The Bertz CT molecular complexity index is 1340. The van der Waals surface area contributed by atoms with Crippen LogP contribution in [0.5, 0.6) is 0 Å². The summed E-state index contributed by atoms with van der Waals surface area (Å²) in [6.07, 6.45) is 2.58. The van der Waals surface area contributed by atoms with Crippen LogP contribution in [-0.2, 0) is 4.52 Å². The van der Waals surface area contributed by atoms with Gasteiger partial charge in [0.1, 0.15) is 0 Å². The van der Waals surface area contributed by atoms with Crippen molar-refractivity contribution in [2.45, 2.75) is 19.8 Å². The molecule has 0 unspecified atom stereocenters. The number of nitrogens with zero attached hydrogens (tertiary/aromatic N) is 2. The molecule has 0 fully saturated rings. The van der Waals surface area contributed by atoms with Crippen LogP contribution in [0.4, 0.5) is 0 Å². The molecule has 0 spiro atoms. The summed E-state index contributed by atoms with van der Waals surface area (Å²) in [6.45, 7) is -1.57. The molecule has 0 saturated heterocycles. The quantitative estimate of drug-likeness (QED) is 0.303. The van der Waals surface area contributed by atoms with Gasteiger partial charge in [0, 0.05) is 0 Å². The van der Waals surface area contributed by atoms with E-state index in [1.165, 1.54) is 0 Å². The van der Waals surface area contributed by atoms with Gasteiger partial charge in [-0.15, -0.1) is 0 Å². The molecule has 5 rings (SSSR count). The Labute approximate surface area is 205 Å². The summed E-state index contributed by atoms with van der Waals surface area (Å²) in [4.78, 5) is 14.2. The second kappa shape index (κ2) is 9.44. The van der Waals surface area contributed by atoms with Gasteiger partial charge in [0.05, 0.1) is 0 Å². The third kappa shape index (κ3) is 3.73. The molecule has 5 nitrogen and oxygen atoms in total. The average Bonchev–Trinajstić information content (AvgIpc) is 3.42. The number of carbonyl (C=O) groups is 1. The van der Waals surface area contributed by atoms with E-state index in [2.05, 4.69) is 58.7 Å². The van der Waals surface area contributed by atoms with Crippen LogP contribution in [-0.4, -0.2) is 27.5 Å². The summed E-state index contributed by atoms with van der Waals surface area (Å²) in [6, 6.07) is 36.2. The van der Waals surface area contributed by atoms with Gasteiger partial charge >= 0.3 is 205 Å². The van der Waals surface area contributed by atoms with E-state index in [9.17, 15) is 4.79 Å². The number of fused-ring (bicyclic) bond motifs is 1. The molecule has 0 radical (unpaired) electrons. The minimum atomic E-state index is -3.74. The predicted molar refractivity (Wildman–Crippen MR) is 144 cm³/mol. The van der Waals surface area contributed by atoms with E-state index < -0.39 is 12.8 Å². The summed E-state index contributed by atoms with van der Waals surface area (Å²) >= 11 is 0. The number of para-hydroxylation sites is 1. The zero-order valence-corrected chi connectivity index (χ0v) is 20.6. The molecule has 0 aliphatic rings. The Hall–Kier alpha value is -3.82. The number of carbonyl (C=O) groups excluding carboxylic acids is 1. The Balaban J connectivity index is 1.86. The van der Waals surface area contributed by atoms with Crippen molar-refractivity contribution in [2.24, 2.45) is 0 Å². The number of aromatic amines is 1. The number of aromatic nitrogens is 3. The van der Waals surface area contributed by atoms with Crippen LogP contribution in [0.25, 0.3) is 11.0 Å². The molecular weight excluding hydrogens is 453 g/mol. The molecule has 4 aromatic carbocycles. The van der Waals surface area contributed by atoms with E-state index in [-0.39, 0.29) is 0 Å². The molecule has 0 aliphatic heterocycles. The molecule has 35 heavy (non-hydrogen) atoms. The van der Waals surface area contributed by atoms with E-state index >= 15 is 0 Å². The van der Waals surface area contributed by atoms with Gasteiger partial charge in [-0.25, -0.2) is 0 Å². The van der Waals surface area contributed by atoms with Crippen LogP contribution < -0.4 is 15.9 Å². The molecule has 1 aromatic heterocycles. The summed E-state index contributed by atoms with van der Waals surface area (Å²) in [5, 5.41) is 14.2. The number of hydrogen-bond donors (Lipinski definition) is 1. The molecule has 0 saturated carbocycles. The monoisotopic (exact) mass is 481 g/mol. The second-order valence-electron chi connectivity index (χ2n) is 8.67. The van der Waals surface area contributed by atoms with E-state index in [1.54, 1.807) is 6.07 Å². The van der Waals surface area contributed by atoms with Crippen LogP contribution in [0, 0.1) is 0 Å². The first-order valence-corrected chi connectivity index (χ1v) is 14.2. The van der Waals surface area contributed by atoms with Crippen molar-refractivity contribution in [1.82, 2.24) is 15.4 Å². The van der Waals surface area contributed by atoms with Gasteiger partial charge in [0.15, 0.2) is 0 Å². The van der Waals surface area contributed by atoms with Gasteiger partial charge in [0.25, 0.3) is 0 Å². The number of H-pyrrole nitrogens is 1. The predicted octanol–water partition coefficient (Wildman–Crippen LogP) is 5.36. The second-order valence-corrected chi connectivity index (χ2v) is 13.3. The molecule has 6 heteroatoms. The van der Waals surface area contributed by atoms with E-state index in [1.807, 2.05) is 66.7 Å². The van der Waals surface area contributed by atoms with Crippen molar-refractivity contribution >= 4 is 39.7 Å². The first-order chi connectivity index (χ1) is 17.2. The van der Waals surface area contributed by atoms with Crippen molar-refractivity contribution in [3.63, 3.8) is 0 Å². The normalized spacial score (nSPS) is 12.7. The number of nitrogens with one attached hydrogen (secondary N) is 1. The third-order valence-electron chi connectivity index (χ3n) is 6.70. The first-order valence-electron chi connectivity index (χ1n) is 11.9. The van der Waals surface area contributed by atoms with Gasteiger partial charge in [-0.1, -0.05) is 0 Å². The van der Waals surface area contributed by atoms with E-state index in [0.29, 0.717) is 22.8 Å². The standard InChI is InChI=1S/C29H28N3O2P/c1-2-3-22-35(23-14-7-4-8-15-23,24-16-9-5-10-17-24,25-18-11-6-12-19-25)34-29(33)26-20-13-21-27-28(26)31-32-30-27/h4-21H,2-3,22H2,1H3,(H,30,31,32). The fourth-order valence-corrected chi connectivity index (χ4v) is 10.9. The molecule has 5 aromatic rings. The summed E-state index contributed by atoms with van der Waals surface area (Å²) in [5.41, 5.74) is 1.55. The van der Waals surface area contributed by atoms with Crippen molar-refractivity contribution < 1.29 is 9.32 Å². The zero-order chi connectivity index (χ0) is 24.2. The van der Waals surface area contributed by atoms with E-state index in [4.69, 9.17) is 4.52 Å². The molecule has 1 heterocycles. The maximum absolute atomic E-state index is 14.2. The third-order valence-corrected chi connectivity index (χ3v) is 12.6. The van der Waals surface area contributed by atoms with Crippen molar-refractivity contribution in [3.8, 4) is 0 Å². The van der Waals surface area contributed by atoms with Crippen molar-refractivity contribution in [2.75, 3.05) is 6.16 Å². The molecule has 1 N–H and O–H groups in total. The number of unbranched alkanes of at least 4 members (excludes halogenated alkanes) is 1. The molecule has 0 aliphatic carbocycles. The molecule has 176 valence electrons. The topological polar surface area (TPSA) is 67.9 Å².